The van der Waals surface area contributed by atoms with Gasteiger partial charge in [0.1, 0.15) is 0 Å². The fraction of sp³-hybridized carbons (Fsp3) is 0. The minimum Gasteiger partial charge on any atom is -0.504 e. The van der Waals surface area contributed by atoms with Crippen molar-refractivity contribution in [3.63, 3.8) is 0 Å². The zero-order valence-corrected chi connectivity index (χ0v) is 10.1. The predicted molar refractivity (Wildman–Crippen MR) is 70.6 cm³/mol. The summed E-state index contributed by atoms with van der Waals surface area (Å²) in [6, 6.07) is 6.55. The number of benzene rings is 1. The van der Waals surface area contributed by atoms with Gasteiger partial charge in [-0.3, -0.25) is 0 Å². The molecule has 6 heteroatoms. The molecule has 0 bridgehead atoms. The summed E-state index contributed by atoms with van der Waals surface area (Å²) in [7, 11) is 0. The van der Waals surface area contributed by atoms with Gasteiger partial charge in [-0.05, 0) is 29.3 Å². The highest BCUT2D eigenvalue weighted by molar-refractivity contribution is 5.85. The Morgan fingerprint density at radius 3 is 2.35 bits per heavy atom. The average molecular weight is 274 g/mol. The van der Waals surface area contributed by atoms with Crippen molar-refractivity contribution in [2.45, 2.75) is 0 Å². The van der Waals surface area contributed by atoms with Crippen LogP contribution in [0.15, 0.2) is 39.5 Å². The maximum atomic E-state index is 11.2. The van der Waals surface area contributed by atoms with E-state index in [0.717, 1.165) is 6.07 Å². The van der Waals surface area contributed by atoms with E-state index in [-0.39, 0.29) is 11.5 Å². The third-order valence-corrected chi connectivity index (χ3v) is 2.47. The zero-order valence-electron chi connectivity index (χ0n) is 10.1. The molecule has 0 aliphatic carbocycles. The van der Waals surface area contributed by atoms with Crippen molar-refractivity contribution in [3.8, 4) is 11.5 Å². The number of phenolic OH excluding ortho intramolecular Hbond substituents is 2. The maximum Gasteiger partial charge on any atom is 0.371 e. The number of carboxylic acids is 1. The van der Waals surface area contributed by atoms with Crippen LogP contribution in [-0.4, -0.2) is 21.3 Å². The van der Waals surface area contributed by atoms with Gasteiger partial charge >= 0.3 is 11.6 Å². The molecule has 0 aliphatic heterocycles. The van der Waals surface area contributed by atoms with E-state index in [0.29, 0.717) is 11.1 Å². The van der Waals surface area contributed by atoms with E-state index < -0.39 is 17.4 Å². The summed E-state index contributed by atoms with van der Waals surface area (Å²) >= 11 is 0. The van der Waals surface area contributed by atoms with Crippen LogP contribution in [0.4, 0.5) is 0 Å². The van der Waals surface area contributed by atoms with Crippen LogP contribution in [0, 0.1) is 0 Å². The van der Waals surface area contributed by atoms with Crippen LogP contribution in [0.25, 0.3) is 12.2 Å². The van der Waals surface area contributed by atoms with Gasteiger partial charge in [-0.25, -0.2) is 9.59 Å². The quantitative estimate of drug-likeness (QED) is 0.738. The molecule has 6 nitrogen and oxygen atoms in total. The van der Waals surface area contributed by atoms with Gasteiger partial charge in [0.05, 0.1) is 0 Å². The molecular weight excluding hydrogens is 264 g/mol. The molecule has 20 heavy (non-hydrogen) atoms. The molecule has 1 aromatic heterocycles. The summed E-state index contributed by atoms with van der Waals surface area (Å²) in [6.45, 7) is 0. The fourth-order valence-corrected chi connectivity index (χ4v) is 1.53. The first-order valence-electron chi connectivity index (χ1n) is 5.54. The van der Waals surface area contributed by atoms with Crippen molar-refractivity contribution >= 4 is 18.1 Å². The van der Waals surface area contributed by atoms with Crippen LogP contribution in [0.3, 0.4) is 0 Å². The lowest BCUT2D eigenvalue weighted by atomic mass is 10.1. The lowest BCUT2D eigenvalue weighted by Crippen LogP contribution is -2.05. The highest BCUT2D eigenvalue weighted by Crippen LogP contribution is 2.25. The van der Waals surface area contributed by atoms with Crippen LogP contribution in [0.5, 0.6) is 11.5 Å². The SMILES string of the molecule is O=C(O)c1cc(C=Cc2ccc(O)c(O)c2)cc(=O)o1. The smallest absolute Gasteiger partial charge is 0.371 e. The second-order valence-electron chi connectivity index (χ2n) is 3.96. The number of phenols is 2. The number of carboxylic acid groups (broad SMARTS) is 1. The standard InChI is InChI=1S/C14H10O6/c15-10-4-3-8(5-11(10)16)1-2-9-6-12(14(18)19)20-13(17)7-9/h1-7,15-16H,(H,18,19). The van der Waals surface area contributed by atoms with Gasteiger partial charge in [0.25, 0.3) is 0 Å². The summed E-state index contributed by atoms with van der Waals surface area (Å²) < 4.78 is 4.50. The van der Waals surface area contributed by atoms with Crippen LogP contribution >= 0.6 is 0 Å². The van der Waals surface area contributed by atoms with Gasteiger partial charge < -0.3 is 19.7 Å². The van der Waals surface area contributed by atoms with Crippen LogP contribution < -0.4 is 5.63 Å². The first-order valence-corrected chi connectivity index (χ1v) is 5.54. The van der Waals surface area contributed by atoms with Gasteiger partial charge in [0, 0.05) is 6.07 Å². The van der Waals surface area contributed by atoms with Crippen molar-refractivity contribution in [2.75, 3.05) is 0 Å². The maximum absolute atomic E-state index is 11.2. The summed E-state index contributed by atoms with van der Waals surface area (Å²) in [5, 5.41) is 27.3. The first-order chi connectivity index (χ1) is 9.45. The molecule has 0 spiro atoms. The molecule has 2 rings (SSSR count). The number of hydrogen-bond donors (Lipinski definition) is 3. The molecule has 1 aromatic carbocycles. The van der Waals surface area contributed by atoms with Crippen LogP contribution in [-0.2, 0) is 0 Å². The van der Waals surface area contributed by atoms with Crippen molar-refractivity contribution < 1.29 is 24.5 Å². The molecule has 102 valence electrons. The molecule has 1 heterocycles. The number of aromatic carboxylic acids is 1. The van der Waals surface area contributed by atoms with Gasteiger partial charge in [0.15, 0.2) is 11.5 Å². The molecule has 0 atom stereocenters. The summed E-state index contributed by atoms with van der Waals surface area (Å²) in [5.74, 6) is -2.30. The van der Waals surface area contributed by atoms with E-state index in [2.05, 4.69) is 4.42 Å². The number of rotatable bonds is 3. The Balaban J connectivity index is 2.33. The van der Waals surface area contributed by atoms with Crippen LogP contribution in [0.1, 0.15) is 21.7 Å². The Kier molecular flexibility index (Phi) is 3.56. The molecule has 3 N–H and O–H groups in total. The van der Waals surface area contributed by atoms with E-state index in [9.17, 15) is 14.7 Å². The van der Waals surface area contributed by atoms with Gasteiger partial charge in [-0.2, -0.15) is 0 Å². The summed E-state index contributed by atoms with van der Waals surface area (Å²) in [6.07, 6.45) is 3.05. The van der Waals surface area contributed by atoms with Crippen LogP contribution in [0.2, 0.25) is 0 Å². The molecule has 2 aromatic rings. The molecule has 0 saturated carbocycles. The monoisotopic (exact) mass is 274 g/mol. The van der Waals surface area contributed by atoms with Gasteiger partial charge in [-0.1, -0.05) is 18.2 Å². The lowest BCUT2D eigenvalue weighted by Gasteiger charge is -1.99. The number of carbonyl (C=O) groups is 1. The second-order valence-corrected chi connectivity index (χ2v) is 3.96. The zero-order chi connectivity index (χ0) is 14.7. The molecule has 0 aliphatic rings. The minimum absolute atomic E-state index is 0.240. The Morgan fingerprint density at radius 1 is 1.00 bits per heavy atom. The number of hydrogen-bond acceptors (Lipinski definition) is 5. The van der Waals surface area contributed by atoms with E-state index in [1.54, 1.807) is 12.1 Å². The second kappa shape index (κ2) is 5.31. The molecule has 0 unspecified atom stereocenters. The van der Waals surface area contributed by atoms with Crippen molar-refractivity contribution in [3.05, 3.63) is 57.6 Å². The molecule has 0 radical (unpaired) electrons. The Morgan fingerprint density at radius 2 is 1.70 bits per heavy atom. The largest absolute Gasteiger partial charge is 0.504 e. The molecular formula is C14H10O6. The van der Waals surface area contributed by atoms with Crippen molar-refractivity contribution in [2.24, 2.45) is 0 Å². The lowest BCUT2D eigenvalue weighted by molar-refractivity contribution is 0.0657. The van der Waals surface area contributed by atoms with E-state index in [1.807, 2.05) is 0 Å². The summed E-state index contributed by atoms with van der Waals surface area (Å²) in [4.78, 5) is 21.9. The fourth-order valence-electron chi connectivity index (χ4n) is 1.53. The van der Waals surface area contributed by atoms with E-state index in [1.165, 1.54) is 24.3 Å². The number of aromatic hydroxyl groups is 2. The Hall–Kier alpha value is -3.02. The topological polar surface area (TPSA) is 108 Å². The normalized spacial score (nSPS) is 10.8. The molecule has 0 amide bonds. The average Bonchev–Trinajstić information content (AvgIpc) is 2.39. The third kappa shape index (κ3) is 3.05. The van der Waals surface area contributed by atoms with Gasteiger partial charge in [0.2, 0.25) is 5.76 Å². The van der Waals surface area contributed by atoms with Gasteiger partial charge in [-0.15, -0.1) is 0 Å². The first kappa shape index (κ1) is 13.4. The third-order valence-electron chi connectivity index (χ3n) is 2.47. The highest BCUT2D eigenvalue weighted by atomic mass is 16.4. The van der Waals surface area contributed by atoms with E-state index in [4.69, 9.17) is 10.2 Å². The van der Waals surface area contributed by atoms with Crippen molar-refractivity contribution in [1.82, 2.24) is 0 Å². The molecule has 0 saturated heterocycles. The molecule has 0 fully saturated rings. The van der Waals surface area contributed by atoms with Crippen molar-refractivity contribution in [1.29, 1.82) is 0 Å². The minimum atomic E-state index is -1.33. The highest BCUT2D eigenvalue weighted by Gasteiger charge is 2.07. The summed E-state index contributed by atoms with van der Waals surface area (Å²) in [5.41, 5.74) is 0.162. The van der Waals surface area contributed by atoms with E-state index >= 15 is 0 Å². The predicted octanol–water partition coefficient (Wildman–Crippen LogP) is 1.92. The Bertz CT molecular complexity index is 742. The Labute approximate surface area is 112 Å².